The fourth-order valence-electron chi connectivity index (χ4n) is 0. The van der Waals surface area contributed by atoms with Crippen LogP contribution in [0.25, 0.3) is 0 Å². The smallest absolute Gasteiger partial charge is 0.188 e. The summed E-state index contributed by atoms with van der Waals surface area (Å²) in [5, 5.41) is -0.0463. The quantitative estimate of drug-likeness (QED) is 0.499. The maximum absolute atomic E-state index is 10.0. The van der Waals surface area contributed by atoms with Crippen molar-refractivity contribution in [2.45, 2.75) is 13.8 Å². The first kappa shape index (κ1) is 10.1. The van der Waals surface area contributed by atoms with Crippen LogP contribution in [0.1, 0.15) is 13.8 Å². The van der Waals surface area contributed by atoms with Gasteiger partial charge in [0.25, 0.3) is 0 Å². The van der Waals surface area contributed by atoms with Gasteiger partial charge in [-0.3, -0.25) is 4.79 Å². The molecule has 0 aliphatic rings. The van der Waals surface area contributed by atoms with E-state index in [1.807, 2.05) is 13.8 Å². The summed E-state index contributed by atoms with van der Waals surface area (Å²) in [6.45, 7) is 3.63. The minimum absolute atomic E-state index is 0. The molecule has 0 aliphatic carbocycles. The molecule has 0 aliphatic heterocycles. The molecule has 0 bridgehead atoms. The molecule has 0 unspecified atom stereocenters. The molecule has 0 aromatic rings. The van der Waals surface area contributed by atoms with Crippen LogP contribution in [0.15, 0.2) is 0 Å². The summed E-state index contributed by atoms with van der Waals surface area (Å²) in [4.78, 5) is 10.0. The van der Waals surface area contributed by atoms with E-state index in [0.717, 1.165) is 0 Å². The molecule has 0 saturated heterocycles. The Morgan fingerprint density at radius 2 is 1.71 bits per heavy atom. The van der Waals surface area contributed by atoms with Gasteiger partial charge in [0.15, 0.2) is 5.12 Å². The van der Waals surface area contributed by atoms with Gasteiger partial charge in [-0.25, -0.2) is 0 Å². The van der Waals surface area contributed by atoms with Crippen LogP contribution in [-0.2, 0) is 4.79 Å². The molecule has 0 aromatic carbocycles. The summed E-state index contributed by atoms with van der Waals surface area (Å²) in [6, 6.07) is 0. The predicted octanol–water partition coefficient (Wildman–Crippen LogP) is 0.274. The van der Waals surface area contributed by atoms with Gasteiger partial charge in [0.05, 0.1) is 0 Å². The second kappa shape index (κ2) is 4.15. The predicted molar refractivity (Wildman–Crippen MR) is 32.4 cm³/mol. The summed E-state index contributed by atoms with van der Waals surface area (Å²) in [5.41, 5.74) is 0. The van der Waals surface area contributed by atoms with Crippen molar-refractivity contribution in [2.24, 2.45) is 5.92 Å². The number of hydrogen-bond acceptors (Lipinski definition) is 1. The molecule has 0 saturated carbocycles. The lowest BCUT2D eigenvalue weighted by atomic mass is 10.3. The number of thiol groups is 1. The SMILES string of the molecule is CC(C)C(=O)S.O. The number of carbonyl (C=O) groups is 1. The molecule has 0 radical (unpaired) electrons. The van der Waals surface area contributed by atoms with Crippen molar-refractivity contribution < 1.29 is 10.3 Å². The van der Waals surface area contributed by atoms with Gasteiger partial charge in [-0.15, -0.1) is 12.6 Å². The highest BCUT2D eigenvalue weighted by molar-refractivity contribution is 7.96. The lowest BCUT2D eigenvalue weighted by Crippen LogP contribution is -1.95. The maximum atomic E-state index is 10.0. The van der Waals surface area contributed by atoms with E-state index in [0.29, 0.717) is 0 Å². The van der Waals surface area contributed by atoms with Crippen LogP contribution in [-0.4, -0.2) is 10.6 Å². The van der Waals surface area contributed by atoms with Crippen LogP contribution < -0.4 is 0 Å². The molecule has 0 amide bonds. The van der Waals surface area contributed by atoms with E-state index in [9.17, 15) is 4.79 Å². The Balaban J connectivity index is 0. The van der Waals surface area contributed by atoms with Crippen molar-refractivity contribution in [2.75, 3.05) is 0 Å². The maximum Gasteiger partial charge on any atom is 0.188 e. The van der Waals surface area contributed by atoms with Crippen molar-refractivity contribution in [3.05, 3.63) is 0 Å². The number of hydrogen-bond donors (Lipinski definition) is 1. The van der Waals surface area contributed by atoms with E-state index in [-0.39, 0.29) is 16.5 Å². The molecule has 0 aromatic heterocycles. The van der Waals surface area contributed by atoms with Crippen molar-refractivity contribution >= 4 is 17.7 Å². The van der Waals surface area contributed by atoms with E-state index in [1.165, 1.54) is 0 Å². The zero-order chi connectivity index (χ0) is 5.15. The largest absolute Gasteiger partial charge is 0.412 e. The van der Waals surface area contributed by atoms with E-state index in [4.69, 9.17) is 0 Å². The van der Waals surface area contributed by atoms with Crippen LogP contribution in [0, 0.1) is 5.92 Å². The highest BCUT2D eigenvalue weighted by atomic mass is 32.1. The third-order valence-electron chi connectivity index (χ3n) is 0.494. The molecule has 0 fully saturated rings. The van der Waals surface area contributed by atoms with E-state index in [1.54, 1.807) is 0 Å². The Hall–Kier alpha value is -0.0200. The minimum Gasteiger partial charge on any atom is -0.412 e. The minimum atomic E-state index is -0.0463. The van der Waals surface area contributed by atoms with Gasteiger partial charge in [-0.2, -0.15) is 0 Å². The van der Waals surface area contributed by atoms with Crippen LogP contribution in [0.5, 0.6) is 0 Å². The topological polar surface area (TPSA) is 48.6 Å². The van der Waals surface area contributed by atoms with Crippen molar-refractivity contribution in [1.82, 2.24) is 0 Å². The van der Waals surface area contributed by atoms with E-state index < -0.39 is 0 Å². The van der Waals surface area contributed by atoms with Crippen molar-refractivity contribution in [1.29, 1.82) is 0 Å². The zero-order valence-electron chi connectivity index (χ0n) is 4.43. The fourth-order valence-corrected chi connectivity index (χ4v) is 0. The molecule has 2 nitrogen and oxygen atoms in total. The molecule has 3 heteroatoms. The first-order valence-electron chi connectivity index (χ1n) is 1.87. The average Bonchev–Trinajstić information content (AvgIpc) is 1.36. The molecule has 0 spiro atoms. The number of carbonyl (C=O) groups excluding carboxylic acids is 1. The summed E-state index contributed by atoms with van der Waals surface area (Å²) < 4.78 is 0. The third kappa shape index (κ3) is 5.98. The van der Waals surface area contributed by atoms with Crippen LogP contribution in [0.4, 0.5) is 0 Å². The molecule has 0 atom stereocenters. The standard InChI is InChI=1S/C4H8OS.H2O/c1-3(2)4(5)6;/h3H,1-2H3,(H,5,6);1H2. The molecule has 44 valence electrons. The Labute approximate surface area is 48.6 Å². The van der Waals surface area contributed by atoms with E-state index in [2.05, 4.69) is 12.6 Å². The van der Waals surface area contributed by atoms with Crippen LogP contribution in [0.2, 0.25) is 0 Å². The summed E-state index contributed by atoms with van der Waals surface area (Å²) >= 11 is 3.55. The van der Waals surface area contributed by atoms with Crippen molar-refractivity contribution in [3.63, 3.8) is 0 Å². The summed E-state index contributed by atoms with van der Waals surface area (Å²) in [7, 11) is 0. The second-order valence-electron chi connectivity index (χ2n) is 1.49. The molecule has 7 heavy (non-hydrogen) atoms. The first-order chi connectivity index (χ1) is 2.64. The average molecular weight is 122 g/mol. The van der Waals surface area contributed by atoms with Gasteiger partial charge in [-0.05, 0) is 0 Å². The zero-order valence-corrected chi connectivity index (χ0v) is 5.33. The summed E-state index contributed by atoms with van der Waals surface area (Å²) in [5.74, 6) is 0.0772. The van der Waals surface area contributed by atoms with Crippen molar-refractivity contribution in [3.8, 4) is 0 Å². The lowest BCUT2D eigenvalue weighted by Gasteiger charge is -1.89. The first-order valence-corrected chi connectivity index (χ1v) is 2.32. The Morgan fingerprint density at radius 1 is 1.57 bits per heavy atom. The monoisotopic (exact) mass is 122 g/mol. The normalized spacial score (nSPS) is 8.00. The Kier molecular flexibility index (Phi) is 5.96. The van der Waals surface area contributed by atoms with Gasteiger partial charge in [-0.1, -0.05) is 13.8 Å². The van der Waals surface area contributed by atoms with Gasteiger partial charge in [0.2, 0.25) is 0 Å². The lowest BCUT2D eigenvalue weighted by molar-refractivity contribution is -0.113. The fraction of sp³-hybridized carbons (Fsp3) is 0.750. The Bertz CT molecular complexity index is 60.7. The summed E-state index contributed by atoms with van der Waals surface area (Å²) in [6.07, 6.45) is 0. The van der Waals surface area contributed by atoms with Gasteiger partial charge in [0.1, 0.15) is 0 Å². The van der Waals surface area contributed by atoms with Crippen LogP contribution >= 0.6 is 12.6 Å². The highest BCUT2D eigenvalue weighted by Gasteiger charge is 1.96. The highest BCUT2D eigenvalue weighted by Crippen LogP contribution is 1.94. The van der Waals surface area contributed by atoms with Gasteiger partial charge < -0.3 is 5.48 Å². The Morgan fingerprint density at radius 3 is 1.71 bits per heavy atom. The van der Waals surface area contributed by atoms with E-state index >= 15 is 0 Å². The third-order valence-corrected chi connectivity index (χ3v) is 1.01. The second-order valence-corrected chi connectivity index (χ2v) is 1.93. The van der Waals surface area contributed by atoms with Gasteiger partial charge >= 0.3 is 0 Å². The molecule has 0 heterocycles. The molecule has 0 rings (SSSR count). The molecular formula is C4H10O2S. The molecule has 2 N–H and O–H groups in total. The van der Waals surface area contributed by atoms with Gasteiger partial charge in [0, 0.05) is 5.92 Å². The molecular weight excluding hydrogens is 112 g/mol. The number of rotatable bonds is 1. The van der Waals surface area contributed by atoms with Crippen LogP contribution in [0.3, 0.4) is 0 Å².